The van der Waals surface area contributed by atoms with Crippen molar-refractivity contribution >= 4 is 18.9 Å². The summed E-state index contributed by atoms with van der Waals surface area (Å²) in [6, 6.07) is 4.30. The van der Waals surface area contributed by atoms with Crippen molar-refractivity contribution in [1.82, 2.24) is 0 Å². The van der Waals surface area contributed by atoms with Crippen LogP contribution in [0.15, 0.2) is 12.1 Å². The van der Waals surface area contributed by atoms with Gasteiger partial charge in [-0.15, -0.1) is 0 Å². The molecule has 1 amide bonds. The zero-order chi connectivity index (χ0) is 17.6. The molecule has 0 aliphatic heterocycles. The Hall–Kier alpha value is 0.224. The van der Waals surface area contributed by atoms with Crippen LogP contribution in [0.2, 0.25) is 0 Å². The van der Waals surface area contributed by atoms with Crippen molar-refractivity contribution in [1.29, 1.82) is 0 Å². The van der Waals surface area contributed by atoms with Gasteiger partial charge < -0.3 is 5.32 Å². The van der Waals surface area contributed by atoms with Gasteiger partial charge in [0.2, 0.25) is 0 Å². The van der Waals surface area contributed by atoms with Crippen LogP contribution >= 0.6 is 7.26 Å². The van der Waals surface area contributed by atoms with Gasteiger partial charge in [-0.1, -0.05) is 31.0 Å². The van der Waals surface area contributed by atoms with E-state index >= 15 is 0 Å². The summed E-state index contributed by atoms with van der Waals surface area (Å²) in [5.74, 6) is 0.251. The van der Waals surface area contributed by atoms with E-state index < -0.39 is 7.26 Å². The maximum Gasteiger partial charge on any atom is 0.265 e. The van der Waals surface area contributed by atoms with Crippen molar-refractivity contribution < 1.29 is 37.5 Å². The minimum absolute atomic E-state index is 0. The van der Waals surface area contributed by atoms with Gasteiger partial charge >= 0.3 is 0 Å². The van der Waals surface area contributed by atoms with Crippen LogP contribution in [-0.4, -0.2) is 30.1 Å². The molecule has 0 aliphatic rings. The minimum atomic E-state index is -1.21. The molecule has 1 aromatic rings. The first-order chi connectivity index (χ1) is 10.8. The van der Waals surface area contributed by atoms with Crippen LogP contribution in [0.4, 0.5) is 5.69 Å². The molecule has 1 N–H and O–H groups in total. The largest absolute Gasteiger partial charge is 0.322 e. The second kappa shape index (κ2) is 11.0. The minimum Gasteiger partial charge on any atom is -0.322 e. The summed E-state index contributed by atoms with van der Waals surface area (Å²) < 4.78 is 0. The predicted molar refractivity (Wildman–Crippen MR) is 107 cm³/mol. The molecule has 1 atom stereocenters. The molecule has 0 heterocycles. The number of aryl methyl sites for hydroxylation is 3. The normalized spacial score (nSPS) is 12.5. The van der Waals surface area contributed by atoms with Crippen molar-refractivity contribution in [2.45, 2.75) is 67.0 Å². The van der Waals surface area contributed by atoms with Crippen LogP contribution in [0.5, 0.6) is 0 Å². The van der Waals surface area contributed by atoms with E-state index in [1.54, 1.807) is 0 Å². The van der Waals surface area contributed by atoms with E-state index in [0.717, 1.165) is 18.5 Å². The number of anilines is 1. The molecule has 0 saturated heterocycles. The molecule has 0 spiro atoms. The van der Waals surface area contributed by atoms with E-state index in [4.69, 9.17) is 0 Å². The zero-order valence-electron chi connectivity index (χ0n) is 16.7. The van der Waals surface area contributed by atoms with Crippen LogP contribution in [0.3, 0.4) is 0 Å². The Labute approximate surface area is 175 Å². The Kier molecular flexibility index (Phi) is 11.1. The molecule has 1 aromatic carbocycles. The van der Waals surface area contributed by atoms with Crippen LogP contribution in [0, 0.1) is 20.8 Å². The van der Waals surface area contributed by atoms with E-state index in [9.17, 15) is 4.79 Å². The summed E-state index contributed by atoms with van der Waals surface area (Å²) >= 11 is 0. The van der Waals surface area contributed by atoms with Gasteiger partial charge in [-0.25, -0.2) is 0 Å². The van der Waals surface area contributed by atoms with Crippen LogP contribution in [0.1, 0.15) is 57.2 Å². The number of nitrogens with one attached hydrogen (secondary N) is 1. The molecule has 0 aromatic heterocycles. The van der Waals surface area contributed by atoms with Crippen LogP contribution < -0.4 is 5.32 Å². The fraction of sp³-hybridized carbons (Fsp3) is 0.650. The molecule has 4 heteroatoms. The molecule has 0 aliphatic carbocycles. The molecule has 0 saturated carbocycles. The smallest absolute Gasteiger partial charge is 0.265 e. The number of carbonyl (C=O) groups excluding carboxylic acids is 1. The second-order valence-corrected chi connectivity index (χ2v) is 11.7. The molecule has 133 valence electrons. The summed E-state index contributed by atoms with van der Waals surface area (Å²) in [7, 11) is -1.21. The molecule has 0 fully saturated rings. The van der Waals surface area contributed by atoms with Crippen LogP contribution in [0.25, 0.3) is 0 Å². The number of carbonyl (C=O) groups is 1. The Balaban J connectivity index is 0.00000529. The molecule has 1 unspecified atom stereocenters. The monoisotopic (exact) mass is 425 g/mol. The molecule has 1 rings (SSSR count). The van der Waals surface area contributed by atoms with Crippen LogP contribution in [-0.2, 0) is 37.5 Å². The van der Waals surface area contributed by atoms with Gasteiger partial charge in [-0.3, -0.25) is 4.79 Å². The third kappa shape index (κ3) is 5.62. The number of hydrogen-bond donors (Lipinski definition) is 1. The van der Waals surface area contributed by atoms with E-state index in [1.165, 1.54) is 35.2 Å². The Morgan fingerprint density at radius 1 is 1.00 bits per heavy atom. The Morgan fingerprint density at radius 2 is 1.46 bits per heavy atom. The molecule has 1 radical (unpaired) electrons. The number of hydrogen-bond acceptors (Lipinski definition) is 1. The second-order valence-electron chi connectivity index (χ2n) is 6.73. The predicted octanol–water partition coefficient (Wildman–Crippen LogP) is 5.79. The Morgan fingerprint density at radius 3 is 1.83 bits per heavy atom. The van der Waals surface area contributed by atoms with Gasteiger partial charge in [0.05, 0.1) is 18.5 Å². The fourth-order valence-electron chi connectivity index (χ4n) is 3.84. The van der Waals surface area contributed by atoms with Gasteiger partial charge in [0.1, 0.15) is 5.66 Å². The average Bonchev–Trinajstić information content (AvgIpc) is 2.51. The third-order valence-electron chi connectivity index (χ3n) is 5.34. The average molecular weight is 425 g/mol. The Bertz CT molecular complexity index is 509. The number of benzene rings is 1. The van der Waals surface area contributed by atoms with E-state index in [2.05, 4.69) is 65.9 Å². The topological polar surface area (TPSA) is 29.1 Å². The maximum absolute atomic E-state index is 13.1. The zero-order valence-corrected chi connectivity index (χ0v) is 20.4. The van der Waals surface area contributed by atoms with Gasteiger partial charge in [0, 0.05) is 45.7 Å². The summed E-state index contributed by atoms with van der Waals surface area (Å²) in [6.07, 6.45) is 5.60. The standard InChI is InChI=1S/C20H34NOP.Y/c1-8-12-18(23(9-2,10-3)11-4)20(22)21-19-16(6)13-15(5)14-17(19)7;/h13-14,18H,8-12H2,1-7H3;/p+1. The number of amides is 1. The third-order valence-corrected chi connectivity index (χ3v) is 10.9. The van der Waals surface area contributed by atoms with Crippen molar-refractivity contribution in [2.24, 2.45) is 0 Å². The molecule has 2 nitrogen and oxygen atoms in total. The summed E-state index contributed by atoms with van der Waals surface area (Å²) in [6.45, 7) is 15.3. The molecule has 24 heavy (non-hydrogen) atoms. The first-order valence-corrected chi connectivity index (χ1v) is 11.5. The van der Waals surface area contributed by atoms with E-state index in [-0.39, 0.29) is 44.3 Å². The van der Waals surface area contributed by atoms with Gasteiger partial charge in [0.25, 0.3) is 5.91 Å². The van der Waals surface area contributed by atoms with Crippen molar-refractivity contribution in [2.75, 3.05) is 23.8 Å². The van der Waals surface area contributed by atoms with Crippen molar-refractivity contribution in [3.05, 3.63) is 28.8 Å². The SMILES string of the molecule is CCCC(C(=O)Nc1c(C)cc(C)cc1C)[P+](CC)(CC)CC.[Y]. The molecule has 0 bridgehead atoms. The first-order valence-electron chi connectivity index (χ1n) is 9.09. The maximum atomic E-state index is 13.1. The van der Waals surface area contributed by atoms with E-state index in [0.29, 0.717) is 0 Å². The van der Waals surface area contributed by atoms with E-state index in [1.807, 2.05) is 0 Å². The molecular weight excluding hydrogens is 390 g/mol. The van der Waals surface area contributed by atoms with Gasteiger partial charge in [0.15, 0.2) is 0 Å². The van der Waals surface area contributed by atoms with Gasteiger partial charge in [-0.05, 0) is 59.1 Å². The van der Waals surface area contributed by atoms with Gasteiger partial charge in [-0.2, -0.15) is 0 Å². The number of rotatable bonds is 8. The fourth-order valence-corrected chi connectivity index (χ4v) is 7.87. The summed E-state index contributed by atoms with van der Waals surface area (Å²) in [5, 5.41) is 3.29. The molecular formula is C20H35NOPY+. The summed E-state index contributed by atoms with van der Waals surface area (Å²) in [4.78, 5) is 13.1. The van der Waals surface area contributed by atoms with Crippen molar-refractivity contribution in [3.63, 3.8) is 0 Å². The van der Waals surface area contributed by atoms with Crippen molar-refractivity contribution in [3.8, 4) is 0 Å². The quantitative estimate of drug-likeness (QED) is 0.525. The summed E-state index contributed by atoms with van der Waals surface area (Å²) in [5.41, 5.74) is 4.80. The first kappa shape index (κ1) is 24.2.